The molecule has 2 N–H and O–H groups in total. The summed E-state index contributed by atoms with van der Waals surface area (Å²) in [6, 6.07) is 6.27. The maximum Gasteiger partial charge on any atom is 0.255 e. The minimum atomic E-state index is -0.293. The van der Waals surface area contributed by atoms with Gasteiger partial charge in [0.1, 0.15) is 5.82 Å². The van der Waals surface area contributed by atoms with Crippen molar-refractivity contribution in [3.05, 3.63) is 53.6 Å². The Balaban J connectivity index is 1.65. The molecule has 1 unspecified atom stereocenters. The number of aromatic nitrogens is 3. The number of fused-ring (bicyclic) bond motifs is 1. The minimum absolute atomic E-state index is 0.205. The zero-order chi connectivity index (χ0) is 21.1. The van der Waals surface area contributed by atoms with E-state index in [4.69, 9.17) is 0 Å². The van der Waals surface area contributed by atoms with Crippen LogP contribution in [0.2, 0.25) is 0 Å². The van der Waals surface area contributed by atoms with E-state index in [0.717, 1.165) is 35.1 Å². The number of pyridine rings is 1. The molecule has 0 saturated heterocycles. The van der Waals surface area contributed by atoms with Gasteiger partial charge >= 0.3 is 0 Å². The van der Waals surface area contributed by atoms with E-state index >= 15 is 0 Å². The average molecular weight is 410 g/mol. The van der Waals surface area contributed by atoms with Gasteiger partial charge in [-0.05, 0) is 44.4 Å². The van der Waals surface area contributed by atoms with Crippen molar-refractivity contribution >= 4 is 22.6 Å². The first kappa shape index (κ1) is 20.3. The van der Waals surface area contributed by atoms with E-state index in [1.165, 1.54) is 31.4 Å². The number of aryl methyl sites for hydroxylation is 1. The van der Waals surface area contributed by atoms with Crippen molar-refractivity contribution < 1.29 is 9.18 Å². The number of anilines is 1. The monoisotopic (exact) mass is 409 g/mol. The van der Waals surface area contributed by atoms with Crippen molar-refractivity contribution in [1.29, 1.82) is 0 Å². The molecule has 1 atom stereocenters. The van der Waals surface area contributed by atoms with Crippen LogP contribution in [0.3, 0.4) is 0 Å². The van der Waals surface area contributed by atoms with Gasteiger partial charge in [-0.15, -0.1) is 0 Å². The van der Waals surface area contributed by atoms with Crippen molar-refractivity contribution in [3.8, 4) is 0 Å². The number of rotatable bonds is 6. The van der Waals surface area contributed by atoms with Crippen LogP contribution in [0.1, 0.15) is 67.9 Å². The van der Waals surface area contributed by atoms with Gasteiger partial charge in [-0.1, -0.05) is 31.4 Å². The van der Waals surface area contributed by atoms with Crippen LogP contribution < -0.4 is 10.6 Å². The normalized spacial score (nSPS) is 15.8. The van der Waals surface area contributed by atoms with Gasteiger partial charge in [-0.3, -0.25) is 4.79 Å². The second-order valence-electron chi connectivity index (χ2n) is 7.97. The standard InChI is InChI=1S/C23H28FN5O/c1-3-29-22-19(14-26-29)21(28-18-7-5-4-6-8-18)20(13-25-22)23(30)27-15(2)16-9-11-17(24)12-10-16/h9-15,18H,3-8H2,1-2H3,(H,25,28)(H,27,30). The summed E-state index contributed by atoms with van der Waals surface area (Å²) in [5, 5.41) is 12.0. The Labute approximate surface area is 175 Å². The zero-order valence-corrected chi connectivity index (χ0v) is 17.5. The van der Waals surface area contributed by atoms with Crippen LogP contribution in [0.4, 0.5) is 10.1 Å². The van der Waals surface area contributed by atoms with E-state index in [0.29, 0.717) is 18.2 Å². The first-order valence-electron chi connectivity index (χ1n) is 10.7. The molecule has 0 bridgehead atoms. The lowest BCUT2D eigenvalue weighted by Crippen LogP contribution is -2.29. The van der Waals surface area contributed by atoms with E-state index in [1.807, 2.05) is 18.5 Å². The van der Waals surface area contributed by atoms with Gasteiger partial charge in [0.15, 0.2) is 5.65 Å². The summed E-state index contributed by atoms with van der Waals surface area (Å²) >= 11 is 0. The Bertz CT molecular complexity index is 1020. The molecule has 1 aliphatic carbocycles. The Hall–Kier alpha value is -2.96. The summed E-state index contributed by atoms with van der Waals surface area (Å²) in [5.74, 6) is -0.498. The van der Waals surface area contributed by atoms with Crippen LogP contribution in [0, 0.1) is 5.82 Å². The molecule has 1 fully saturated rings. The van der Waals surface area contributed by atoms with Gasteiger partial charge in [0, 0.05) is 18.8 Å². The average Bonchev–Trinajstić information content (AvgIpc) is 3.18. The summed E-state index contributed by atoms with van der Waals surface area (Å²) in [5.41, 5.74) is 2.94. The molecule has 1 aromatic carbocycles. The van der Waals surface area contributed by atoms with Crippen LogP contribution in [0.15, 0.2) is 36.7 Å². The molecule has 30 heavy (non-hydrogen) atoms. The van der Waals surface area contributed by atoms with Crippen molar-refractivity contribution in [1.82, 2.24) is 20.1 Å². The second-order valence-corrected chi connectivity index (χ2v) is 7.97. The molecule has 7 heteroatoms. The van der Waals surface area contributed by atoms with Gasteiger partial charge in [0.05, 0.1) is 28.9 Å². The Morgan fingerprint density at radius 1 is 1.20 bits per heavy atom. The predicted octanol–water partition coefficient (Wildman–Crippen LogP) is 4.83. The van der Waals surface area contributed by atoms with Gasteiger partial charge in [0.2, 0.25) is 0 Å². The molecule has 0 aliphatic heterocycles. The van der Waals surface area contributed by atoms with Crippen LogP contribution in [0.5, 0.6) is 0 Å². The molecule has 0 spiro atoms. The fraction of sp³-hybridized carbons (Fsp3) is 0.435. The lowest BCUT2D eigenvalue weighted by atomic mass is 9.95. The minimum Gasteiger partial charge on any atom is -0.381 e. The number of halogens is 1. The smallest absolute Gasteiger partial charge is 0.255 e. The second kappa shape index (κ2) is 8.81. The summed E-state index contributed by atoms with van der Waals surface area (Å²) in [4.78, 5) is 17.7. The third-order valence-corrected chi connectivity index (χ3v) is 5.88. The summed E-state index contributed by atoms with van der Waals surface area (Å²) in [7, 11) is 0. The topological polar surface area (TPSA) is 71.8 Å². The highest BCUT2D eigenvalue weighted by molar-refractivity contribution is 6.06. The van der Waals surface area contributed by atoms with Crippen LogP contribution in [-0.4, -0.2) is 26.7 Å². The maximum atomic E-state index is 13.2. The number of benzene rings is 1. The summed E-state index contributed by atoms with van der Waals surface area (Å²) < 4.78 is 15.1. The summed E-state index contributed by atoms with van der Waals surface area (Å²) in [6.07, 6.45) is 9.27. The number of hydrogen-bond donors (Lipinski definition) is 2. The number of carbonyl (C=O) groups excluding carboxylic acids is 1. The molecule has 158 valence electrons. The molecule has 3 aromatic rings. The van der Waals surface area contributed by atoms with Gasteiger partial charge in [-0.2, -0.15) is 5.10 Å². The fourth-order valence-electron chi connectivity index (χ4n) is 4.15. The third-order valence-electron chi connectivity index (χ3n) is 5.88. The fourth-order valence-corrected chi connectivity index (χ4v) is 4.15. The molecule has 1 amide bonds. The van der Waals surface area contributed by atoms with Crippen LogP contribution in [0.25, 0.3) is 11.0 Å². The molecule has 2 aromatic heterocycles. The lowest BCUT2D eigenvalue weighted by molar-refractivity contribution is 0.0940. The molecule has 6 nitrogen and oxygen atoms in total. The largest absolute Gasteiger partial charge is 0.381 e. The Morgan fingerprint density at radius 3 is 2.63 bits per heavy atom. The number of carbonyl (C=O) groups is 1. The highest BCUT2D eigenvalue weighted by Gasteiger charge is 2.23. The number of nitrogens with zero attached hydrogens (tertiary/aromatic N) is 3. The predicted molar refractivity (Wildman–Crippen MR) is 116 cm³/mol. The van der Waals surface area contributed by atoms with Crippen LogP contribution in [-0.2, 0) is 6.54 Å². The molecule has 1 saturated carbocycles. The number of hydrogen-bond acceptors (Lipinski definition) is 4. The van der Waals surface area contributed by atoms with Crippen molar-refractivity contribution in [2.45, 2.75) is 64.6 Å². The van der Waals surface area contributed by atoms with Gasteiger partial charge in [-0.25, -0.2) is 14.1 Å². The number of amides is 1. The molecule has 0 radical (unpaired) electrons. The molecule has 4 rings (SSSR count). The van der Waals surface area contributed by atoms with Gasteiger partial charge < -0.3 is 10.6 Å². The lowest BCUT2D eigenvalue weighted by Gasteiger charge is -2.25. The molecular formula is C23H28FN5O. The molecule has 2 heterocycles. The molecule has 1 aliphatic rings. The summed E-state index contributed by atoms with van der Waals surface area (Å²) in [6.45, 7) is 4.63. The van der Waals surface area contributed by atoms with E-state index in [1.54, 1.807) is 24.5 Å². The number of nitrogens with one attached hydrogen (secondary N) is 2. The SMILES string of the molecule is CCn1ncc2c(NC3CCCCC3)c(C(=O)NC(C)c3ccc(F)cc3)cnc21. The first-order chi connectivity index (χ1) is 14.6. The first-order valence-corrected chi connectivity index (χ1v) is 10.7. The molecular weight excluding hydrogens is 381 g/mol. The van der Waals surface area contributed by atoms with E-state index in [-0.39, 0.29) is 17.8 Å². The Morgan fingerprint density at radius 2 is 1.93 bits per heavy atom. The third kappa shape index (κ3) is 4.15. The zero-order valence-electron chi connectivity index (χ0n) is 17.5. The van der Waals surface area contributed by atoms with E-state index < -0.39 is 0 Å². The maximum absolute atomic E-state index is 13.2. The van der Waals surface area contributed by atoms with Gasteiger partial charge in [0.25, 0.3) is 5.91 Å². The van der Waals surface area contributed by atoms with Crippen molar-refractivity contribution in [2.24, 2.45) is 0 Å². The quantitative estimate of drug-likeness (QED) is 0.612. The van der Waals surface area contributed by atoms with Crippen molar-refractivity contribution in [3.63, 3.8) is 0 Å². The van der Waals surface area contributed by atoms with E-state index in [2.05, 4.69) is 20.7 Å². The van der Waals surface area contributed by atoms with E-state index in [9.17, 15) is 9.18 Å². The highest BCUT2D eigenvalue weighted by Crippen LogP contribution is 2.30. The highest BCUT2D eigenvalue weighted by atomic mass is 19.1. The van der Waals surface area contributed by atoms with Crippen molar-refractivity contribution in [2.75, 3.05) is 5.32 Å². The Kier molecular flexibility index (Phi) is 5.97. The van der Waals surface area contributed by atoms with Crippen LogP contribution >= 0.6 is 0 Å².